The van der Waals surface area contributed by atoms with Crippen LogP contribution in [0.15, 0.2) is 60.8 Å². The van der Waals surface area contributed by atoms with Crippen molar-refractivity contribution < 1.29 is 10.1 Å². The van der Waals surface area contributed by atoms with E-state index in [9.17, 15) is 4.79 Å². The molecule has 0 saturated carbocycles. The summed E-state index contributed by atoms with van der Waals surface area (Å²) in [5.41, 5.74) is 4.54. The average Bonchev–Trinajstić information content (AvgIpc) is 3.12. The molecule has 5 heteroatoms. The average molecular weight is 418 g/mol. The van der Waals surface area contributed by atoms with Crippen molar-refractivity contribution in [2.45, 2.75) is 64.6 Å². The van der Waals surface area contributed by atoms with Crippen molar-refractivity contribution in [2.75, 3.05) is 0 Å². The summed E-state index contributed by atoms with van der Waals surface area (Å²) in [6.07, 6.45) is 3.74. The number of piperidine rings is 1. The third kappa shape index (κ3) is 4.72. The summed E-state index contributed by atoms with van der Waals surface area (Å²) < 4.78 is 1.80. The minimum atomic E-state index is -0.0565. The highest BCUT2D eigenvalue weighted by Gasteiger charge is 2.42. The second-order valence-electron chi connectivity index (χ2n) is 10.2. The number of rotatable bonds is 4. The standard InChI is InChI=1S/C26H32N4O/c1-18-11-9-10-14-21(18)23-22(17-30(28-23)20-12-7-6-8-13-20)24(31)27-19-15-25(2,3)29-26(4,5)16-19/h6-14,17,19,29H,15-16H2,1-5H3,(H,27,31)/p+1. The molecule has 31 heavy (non-hydrogen) atoms. The molecule has 0 radical (unpaired) electrons. The van der Waals surface area contributed by atoms with Gasteiger partial charge in [-0.3, -0.25) is 4.79 Å². The number of aryl methyl sites for hydroxylation is 1. The van der Waals surface area contributed by atoms with Gasteiger partial charge in [-0.15, -0.1) is 0 Å². The maximum Gasteiger partial charge on any atom is 0.255 e. The van der Waals surface area contributed by atoms with Gasteiger partial charge in [-0.1, -0.05) is 42.5 Å². The van der Waals surface area contributed by atoms with Gasteiger partial charge in [0.25, 0.3) is 5.91 Å². The first-order valence-corrected chi connectivity index (χ1v) is 11.0. The summed E-state index contributed by atoms with van der Waals surface area (Å²) in [7, 11) is 0. The molecule has 5 nitrogen and oxygen atoms in total. The monoisotopic (exact) mass is 417 g/mol. The number of aromatic nitrogens is 2. The van der Waals surface area contributed by atoms with E-state index >= 15 is 0 Å². The second-order valence-corrected chi connectivity index (χ2v) is 10.2. The van der Waals surface area contributed by atoms with Crippen LogP contribution in [0, 0.1) is 6.92 Å². The van der Waals surface area contributed by atoms with Gasteiger partial charge >= 0.3 is 0 Å². The molecule has 0 unspecified atom stereocenters. The van der Waals surface area contributed by atoms with E-state index < -0.39 is 0 Å². The van der Waals surface area contributed by atoms with E-state index in [1.807, 2.05) is 54.7 Å². The van der Waals surface area contributed by atoms with Crippen LogP contribution in [-0.2, 0) is 0 Å². The zero-order chi connectivity index (χ0) is 22.2. The number of nitrogens with zero attached hydrogens (tertiary/aromatic N) is 2. The number of carbonyl (C=O) groups is 1. The normalized spacial score (nSPS) is 18.0. The zero-order valence-electron chi connectivity index (χ0n) is 19.1. The van der Waals surface area contributed by atoms with Crippen LogP contribution < -0.4 is 10.6 Å². The fourth-order valence-corrected chi connectivity index (χ4v) is 5.17. The predicted molar refractivity (Wildman–Crippen MR) is 124 cm³/mol. The first-order valence-electron chi connectivity index (χ1n) is 11.0. The number of nitrogens with one attached hydrogen (secondary N) is 1. The summed E-state index contributed by atoms with van der Waals surface area (Å²) in [6, 6.07) is 18.2. The number of carbonyl (C=O) groups excluding carboxylic acids is 1. The highest BCUT2D eigenvalue weighted by Crippen LogP contribution is 2.28. The summed E-state index contributed by atoms with van der Waals surface area (Å²) >= 11 is 0. The van der Waals surface area contributed by atoms with Crippen LogP contribution >= 0.6 is 0 Å². The molecule has 162 valence electrons. The zero-order valence-corrected chi connectivity index (χ0v) is 19.1. The van der Waals surface area contributed by atoms with E-state index in [-0.39, 0.29) is 23.0 Å². The van der Waals surface area contributed by atoms with Crippen molar-refractivity contribution in [3.63, 3.8) is 0 Å². The number of amides is 1. The number of para-hydroxylation sites is 1. The number of quaternary nitrogens is 1. The molecule has 1 saturated heterocycles. The van der Waals surface area contributed by atoms with Crippen molar-refractivity contribution in [1.29, 1.82) is 0 Å². The van der Waals surface area contributed by atoms with Gasteiger partial charge in [0, 0.05) is 30.6 Å². The van der Waals surface area contributed by atoms with Gasteiger partial charge in [0.1, 0.15) is 5.69 Å². The van der Waals surface area contributed by atoms with Crippen LogP contribution in [0.3, 0.4) is 0 Å². The molecular formula is C26H33N4O+. The Morgan fingerprint density at radius 2 is 1.61 bits per heavy atom. The van der Waals surface area contributed by atoms with Crippen LogP contribution in [0.5, 0.6) is 0 Å². The molecule has 3 aromatic rings. The van der Waals surface area contributed by atoms with E-state index in [2.05, 4.69) is 51.3 Å². The van der Waals surface area contributed by atoms with Gasteiger partial charge in [0.15, 0.2) is 0 Å². The minimum absolute atomic E-state index is 0.0565. The molecule has 2 heterocycles. The molecule has 4 rings (SSSR count). The Kier molecular flexibility index (Phi) is 5.48. The summed E-state index contributed by atoms with van der Waals surface area (Å²) in [6.45, 7) is 11.1. The Morgan fingerprint density at radius 3 is 2.26 bits per heavy atom. The van der Waals surface area contributed by atoms with Gasteiger partial charge in [-0.05, 0) is 52.3 Å². The van der Waals surface area contributed by atoms with Gasteiger partial charge in [0.2, 0.25) is 0 Å². The molecule has 1 fully saturated rings. The lowest BCUT2D eigenvalue weighted by Gasteiger charge is -2.43. The van der Waals surface area contributed by atoms with Crippen molar-refractivity contribution in [1.82, 2.24) is 15.1 Å². The SMILES string of the molecule is Cc1ccccc1-c1nn(-c2ccccc2)cc1C(=O)NC1CC(C)(C)[NH2+]C(C)(C)C1. The maximum atomic E-state index is 13.5. The molecule has 0 bridgehead atoms. The summed E-state index contributed by atoms with van der Waals surface area (Å²) in [4.78, 5) is 13.5. The van der Waals surface area contributed by atoms with E-state index in [0.29, 0.717) is 5.56 Å². The van der Waals surface area contributed by atoms with Crippen LogP contribution in [0.4, 0.5) is 0 Å². The Labute approximate surface area is 184 Å². The topological polar surface area (TPSA) is 63.5 Å². The van der Waals surface area contributed by atoms with Crippen LogP contribution in [0.25, 0.3) is 16.9 Å². The molecule has 1 aliphatic rings. The minimum Gasteiger partial charge on any atom is -0.349 e. The first kappa shape index (κ1) is 21.3. The van der Waals surface area contributed by atoms with E-state index in [0.717, 1.165) is 35.3 Å². The number of hydrogen-bond donors (Lipinski definition) is 2. The van der Waals surface area contributed by atoms with Gasteiger partial charge in [-0.25, -0.2) is 4.68 Å². The van der Waals surface area contributed by atoms with Gasteiger partial charge in [-0.2, -0.15) is 5.10 Å². The largest absolute Gasteiger partial charge is 0.349 e. The smallest absolute Gasteiger partial charge is 0.255 e. The predicted octanol–water partition coefficient (Wildman–Crippen LogP) is 3.86. The van der Waals surface area contributed by atoms with Crippen molar-refractivity contribution >= 4 is 5.91 Å². The fraction of sp³-hybridized carbons (Fsp3) is 0.385. The van der Waals surface area contributed by atoms with Gasteiger partial charge in [0.05, 0.1) is 22.3 Å². The number of benzene rings is 2. The van der Waals surface area contributed by atoms with Crippen LogP contribution in [-0.4, -0.2) is 32.8 Å². The Morgan fingerprint density at radius 1 is 1.00 bits per heavy atom. The molecule has 3 N–H and O–H groups in total. The molecular weight excluding hydrogens is 384 g/mol. The molecule has 0 aliphatic carbocycles. The highest BCUT2D eigenvalue weighted by atomic mass is 16.1. The summed E-state index contributed by atoms with van der Waals surface area (Å²) in [5, 5.41) is 10.6. The lowest BCUT2D eigenvalue weighted by Crippen LogP contribution is -3.06. The second kappa shape index (κ2) is 7.97. The lowest BCUT2D eigenvalue weighted by molar-refractivity contribution is -0.787. The Hall–Kier alpha value is -2.92. The van der Waals surface area contributed by atoms with Crippen LogP contribution in [0.1, 0.15) is 56.5 Å². The third-order valence-electron chi connectivity index (χ3n) is 6.04. The summed E-state index contributed by atoms with van der Waals surface area (Å²) in [5.74, 6) is -0.0565. The van der Waals surface area contributed by atoms with Gasteiger partial charge < -0.3 is 10.6 Å². The molecule has 2 aromatic carbocycles. The number of nitrogens with two attached hydrogens (primary N) is 1. The van der Waals surface area contributed by atoms with Crippen LogP contribution in [0.2, 0.25) is 0 Å². The van der Waals surface area contributed by atoms with E-state index in [1.165, 1.54) is 0 Å². The van der Waals surface area contributed by atoms with Crippen molar-refractivity contribution in [3.05, 3.63) is 71.9 Å². The van der Waals surface area contributed by atoms with Crippen molar-refractivity contribution in [2.24, 2.45) is 0 Å². The quantitative estimate of drug-likeness (QED) is 0.677. The fourth-order valence-electron chi connectivity index (χ4n) is 5.17. The van der Waals surface area contributed by atoms with E-state index in [4.69, 9.17) is 5.10 Å². The number of hydrogen-bond acceptors (Lipinski definition) is 2. The molecule has 1 amide bonds. The third-order valence-corrected chi connectivity index (χ3v) is 6.04. The Bertz CT molecular complexity index is 1070. The Balaban J connectivity index is 1.70. The van der Waals surface area contributed by atoms with E-state index in [1.54, 1.807) is 4.68 Å². The first-order chi connectivity index (χ1) is 14.6. The lowest BCUT2D eigenvalue weighted by atomic mass is 9.79. The molecule has 0 atom stereocenters. The maximum absolute atomic E-state index is 13.5. The molecule has 0 spiro atoms. The molecule has 1 aromatic heterocycles. The highest BCUT2D eigenvalue weighted by molar-refractivity contribution is 6.00. The van der Waals surface area contributed by atoms with Crippen molar-refractivity contribution in [3.8, 4) is 16.9 Å². The molecule has 1 aliphatic heterocycles.